The van der Waals surface area contributed by atoms with E-state index in [4.69, 9.17) is 14.2 Å². The van der Waals surface area contributed by atoms with Gasteiger partial charge >= 0.3 is 6.03 Å². The highest BCUT2D eigenvalue weighted by Gasteiger charge is 2.20. The Labute approximate surface area is 147 Å². The van der Waals surface area contributed by atoms with Crippen molar-refractivity contribution in [2.45, 2.75) is 19.3 Å². The normalized spacial score (nSPS) is 15.5. The highest BCUT2D eigenvalue weighted by molar-refractivity contribution is 5.73. The van der Waals surface area contributed by atoms with Crippen molar-refractivity contribution in [3.05, 3.63) is 59.7 Å². The number of nitrogens with one attached hydrogen (secondary N) is 2. The molecule has 3 rings (SSSR count). The molecule has 1 heterocycles. The molecule has 0 saturated carbocycles. The molecule has 0 aliphatic carbocycles. The van der Waals surface area contributed by atoms with Gasteiger partial charge in [0.1, 0.15) is 6.61 Å². The molecule has 25 heavy (non-hydrogen) atoms. The standard InChI is InChI=1S/C19H22N2O4/c1-23-12-15-7-3-2-6-14(15)10-20-19(22)21-11-16-13-24-17-8-4-5-9-18(17)25-16/h2-9,16H,10-13H2,1H3,(H2,20,21,22). The number of rotatable bonds is 6. The average Bonchev–Trinajstić information content (AvgIpc) is 2.66. The van der Waals surface area contributed by atoms with E-state index in [1.165, 1.54) is 0 Å². The van der Waals surface area contributed by atoms with Crippen LogP contribution >= 0.6 is 0 Å². The van der Waals surface area contributed by atoms with Crippen molar-refractivity contribution in [1.82, 2.24) is 10.6 Å². The molecule has 0 saturated heterocycles. The molecule has 1 aliphatic heterocycles. The second kappa shape index (κ2) is 8.39. The van der Waals surface area contributed by atoms with E-state index in [0.717, 1.165) is 16.9 Å². The lowest BCUT2D eigenvalue weighted by atomic mass is 10.1. The first-order valence-electron chi connectivity index (χ1n) is 8.22. The van der Waals surface area contributed by atoms with Crippen LogP contribution in [0.4, 0.5) is 4.79 Å². The fraction of sp³-hybridized carbons (Fsp3) is 0.316. The van der Waals surface area contributed by atoms with Crippen LogP contribution in [0.5, 0.6) is 11.5 Å². The zero-order valence-electron chi connectivity index (χ0n) is 14.2. The lowest BCUT2D eigenvalue weighted by Gasteiger charge is -2.26. The lowest BCUT2D eigenvalue weighted by molar-refractivity contribution is 0.0918. The summed E-state index contributed by atoms with van der Waals surface area (Å²) in [7, 11) is 1.65. The third-order valence-corrected chi connectivity index (χ3v) is 3.92. The van der Waals surface area contributed by atoms with Gasteiger partial charge in [0.15, 0.2) is 17.6 Å². The van der Waals surface area contributed by atoms with Gasteiger partial charge in [-0.25, -0.2) is 4.79 Å². The van der Waals surface area contributed by atoms with Gasteiger partial charge in [0.05, 0.1) is 13.2 Å². The predicted octanol–water partition coefficient (Wildman–Crippen LogP) is 2.47. The summed E-state index contributed by atoms with van der Waals surface area (Å²) in [5.41, 5.74) is 2.09. The summed E-state index contributed by atoms with van der Waals surface area (Å²) in [6.07, 6.45) is -0.207. The Morgan fingerprint density at radius 2 is 1.80 bits per heavy atom. The number of ether oxygens (including phenoxy) is 3. The maximum atomic E-state index is 12.0. The highest BCUT2D eigenvalue weighted by Crippen LogP contribution is 2.30. The van der Waals surface area contributed by atoms with Crippen molar-refractivity contribution in [1.29, 1.82) is 0 Å². The number of fused-ring (bicyclic) bond motifs is 1. The van der Waals surface area contributed by atoms with Gasteiger partial charge in [0, 0.05) is 13.7 Å². The third kappa shape index (κ3) is 4.64. The third-order valence-electron chi connectivity index (χ3n) is 3.92. The van der Waals surface area contributed by atoms with Crippen LogP contribution in [0, 0.1) is 0 Å². The predicted molar refractivity (Wildman–Crippen MR) is 93.7 cm³/mol. The molecule has 2 aromatic carbocycles. The van der Waals surface area contributed by atoms with Gasteiger partial charge in [-0.1, -0.05) is 36.4 Å². The summed E-state index contributed by atoms with van der Waals surface area (Å²) >= 11 is 0. The zero-order chi connectivity index (χ0) is 17.5. The zero-order valence-corrected chi connectivity index (χ0v) is 14.2. The average molecular weight is 342 g/mol. The Morgan fingerprint density at radius 3 is 2.60 bits per heavy atom. The number of hydrogen-bond acceptors (Lipinski definition) is 4. The lowest BCUT2D eigenvalue weighted by Crippen LogP contribution is -2.44. The Balaban J connectivity index is 1.45. The van der Waals surface area contributed by atoms with Gasteiger partial charge in [-0.15, -0.1) is 0 Å². The van der Waals surface area contributed by atoms with E-state index in [1.54, 1.807) is 7.11 Å². The van der Waals surface area contributed by atoms with Crippen molar-refractivity contribution >= 4 is 6.03 Å². The largest absolute Gasteiger partial charge is 0.486 e. The summed E-state index contributed by atoms with van der Waals surface area (Å²) in [4.78, 5) is 12.0. The Hall–Kier alpha value is -2.73. The summed E-state index contributed by atoms with van der Waals surface area (Å²) in [6.45, 7) is 1.75. The number of carbonyl (C=O) groups is 1. The maximum absolute atomic E-state index is 12.0. The Bertz CT molecular complexity index is 720. The van der Waals surface area contributed by atoms with Crippen LogP contribution in [0.2, 0.25) is 0 Å². The van der Waals surface area contributed by atoms with Gasteiger partial charge in [0.2, 0.25) is 0 Å². The monoisotopic (exact) mass is 342 g/mol. The number of para-hydroxylation sites is 2. The second-order valence-electron chi connectivity index (χ2n) is 5.76. The van der Waals surface area contributed by atoms with Crippen molar-refractivity contribution in [3.8, 4) is 11.5 Å². The number of carbonyl (C=O) groups excluding carboxylic acids is 1. The first-order valence-corrected chi connectivity index (χ1v) is 8.22. The van der Waals surface area contributed by atoms with Gasteiger partial charge in [0.25, 0.3) is 0 Å². The van der Waals surface area contributed by atoms with E-state index in [-0.39, 0.29) is 12.1 Å². The number of amides is 2. The summed E-state index contributed by atoms with van der Waals surface area (Å²) in [5.74, 6) is 1.44. The fourth-order valence-electron chi connectivity index (χ4n) is 2.63. The molecule has 6 nitrogen and oxygen atoms in total. The Morgan fingerprint density at radius 1 is 1.08 bits per heavy atom. The molecule has 0 fully saturated rings. The molecule has 2 aromatic rings. The van der Waals surface area contributed by atoms with Crippen molar-refractivity contribution in [2.24, 2.45) is 0 Å². The van der Waals surface area contributed by atoms with Crippen LogP contribution in [-0.4, -0.2) is 32.4 Å². The maximum Gasteiger partial charge on any atom is 0.315 e. The summed E-state index contributed by atoms with van der Waals surface area (Å²) < 4.78 is 16.6. The molecular formula is C19H22N2O4. The molecule has 132 valence electrons. The summed E-state index contributed by atoms with van der Waals surface area (Å²) in [6, 6.07) is 15.1. The molecule has 1 aliphatic rings. The molecule has 0 aromatic heterocycles. The SMILES string of the molecule is COCc1ccccc1CNC(=O)NCC1COc2ccccc2O1. The number of urea groups is 1. The van der Waals surface area contributed by atoms with Crippen LogP contribution in [0.25, 0.3) is 0 Å². The van der Waals surface area contributed by atoms with Gasteiger partial charge in [-0.05, 0) is 23.3 Å². The molecule has 2 amide bonds. The van der Waals surface area contributed by atoms with E-state index in [9.17, 15) is 4.79 Å². The van der Waals surface area contributed by atoms with E-state index in [1.807, 2.05) is 48.5 Å². The summed E-state index contributed by atoms with van der Waals surface area (Å²) in [5, 5.41) is 5.67. The molecule has 1 unspecified atom stereocenters. The van der Waals surface area contributed by atoms with Gasteiger partial charge < -0.3 is 24.8 Å². The highest BCUT2D eigenvalue weighted by atomic mass is 16.6. The molecule has 1 atom stereocenters. The van der Waals surface area contributed by atoms with Crippen LogP contribution in [0.1, 0.15) is 11.1 Å². The van der Waals surface area contributed by atoms with Crippen LogP contribution < -0.4 is 20.1 Å². The van der Waals surface area contributed by atoms with E-state index in [0.29, 0.717) is 32.1 Å². The van der Waals surface area contributed by atoms with Crippen LogP contribution in [0.3, 0.4) is 0 Å². The number of hydrogen-bond donors (Lipinski definition) is 2. The van der Waals surface area contributed by atoms with Gasteiger partial charge in [-0.3, -0.25) is 0 Å². The fourth-order valence-corrected chi connectivity index (χ4v) is 2.63. The van der Waals surface area contributed by atoms with Crippen LogP contribution in [-0.2, 0) is 17.9 Å². The number of methoxy groups -OCH3 is 1. The first-order chi connectivity index (χ1) is 12.3. The molecule has 0 bridgehead atoms. The topological polar surface area (TPSA) is 68.8 Å². The van der Waals surface area contributed by atoms with E-state index in [2.05, 4.69) is 10.6 Å². The van der Waals surface area contributed by atoms with Crippen molar-refractivity contribution in [2.75, 3.05) is 20.3 Å². The molecule has 6 heteroatoms. The van der Waals surface area contributed by atoms with E-state index < -0.39 is 0 Å². The molecule has 0 spiro atoms. The minimum absolute atomic E-state index is 0.207. The molecule has 2 N–H and O–H groups in total. The minimum atomic E-state index is -0.241. The first kappa shape index (κ1) is 17.1. The molecule has 0 radical (unpaired) electrons. The smallest absolute Gasteiger partial charge is 0.315 e. The van der Waals surface area contributed by atoms with Crippen LogP contribution in [0.15, 0.2) is 48.5 Å². The van der Waals surface area contributed by atoms with Crippen molar-refractivity contribution in [3.63, 3.8) is 0 Å². The number of benzene rings is 2. The van der Waals surface area contributed by atoms with Gasteiger partial charge in [-0.2, -0.15) is 0 Å². The van der Waals surface area contributed by atoms with Crippen molar-refractivity contribution < 1.29 is 19.0 Å². The second-order valence-corrected chi connectivity index (χ2v) is 5.76. The Kier molecular flexibility index (Phi) is 5.74. The quantitative estimate of drug-likeness (QED) is 0.846. The molecular weight excluding hydrogens is 320 g/mol. The minimum Gasteiger partial charge on any atom is -0.486 e. The van der Waals surface area contributed by atoms with E-state index >= 15 is 0 Å².